The Labute approximate surface area is 137 Å². The van der Waals surface area contributed by atoms with E-state index >= 15 is 0 Å². The largest absolute Gasteiger partial charge is 1.00 e. The molecule has 0 bridgehead atoms. The minimum atomic E-state index is -1.26. The molecule has 5 nitrogen and oxygen atoms in total. The molecule has 1 aliphatic rings. The quantitative estimate of drug-likeness (QED) is 0.497. The monoisotopic (exact) mass is 325 g/mol. The molecular weight excluding hydrogens is 311 g/mol. The first kappa shape index (κ1) is 17.8. The third-order valence-electron chi connectivity index (χ3n) is 3.19. The number of urea groups is 1. The smallest absolute Gasteiger partial charge is 0.277 e. The molecule has 0 aliphatic carbocycles. The average molecular weight is 326 g/mol. The van der Waals surface area contributed by atoms with E-state index in [-0.39, 0.29) is 41.9 Å². The summed E-state index contributed by atoms with van der Waals surface area (Å²) in [5, 5.41) is 4.30. The van der Waals surface area contributed by atoms with Gasteiger partial charge in [0.2, 0.25) is 11.8 Å². The van der Waals surface area contributed by atoms with E-state index in [9.17, 15) is 14.4 Å². The fraction of sp³-hybridized carbons (Fsp3) is 0.545. The van der Waals surface area contributed by atoms with Crippen molar-refractivity contribution in [2.75, 3.05) is 0 Å². The van der Waals surface area contributed by atoms with Crippen LogP contribution in [0, 0.1) is 11.3 Å². The SMILES string of the molecule is C=C(Br)CC1(C(C)CC)C(=O)NC(=O)NC1=O.[Na+]. The van der Waals surface area contributed by atoms with Crippen LogP contribution in [0.1, 0.15) is 26.7 Å². The second-order valence-electron chi connectivity index (χ2n) is 4.21. The van der Waals surface area contributed by atoms with Crippen LogP contribution in [0.3, 0.4) is 0 Å². The maximum absolute atomic E-state index is 12.0. The molecule has 1 fully saturated rings. The molecule has 1 aliphatic heterocycles. The van der Waals surface area contributed by atoms with E-state index in [2.05, 4.69) is 33.1 Å². The number of carbonyl (C=O) groups is 3. The maximum atomic E-state index is 12.0. The molecule has 1 rings (SSSR count). The summed E-state index contributed by atoms with van der Waals surface area (Å²) in [7, 11) is 0. The van der Waals surface area contributed by atoms with Crippen LogP contribution in [0.25, 0.3) is 0 Å². The number of allylic oxidation sites excluding steroid dienone is 1. The molecule has 0 spiro atoms. The molecule has 4 amide bonds. The summed E-state index contributed by atoms with van der Waals surface area (Å²) in [5.74, 6) is -1.30. The predicted molar refractivity (Wildman–Crippen MR) is 66.3 cm³/mol. The molecule has 1 unspecified atom stereocenters. The number of amides is 4. The molecule has 1 atom stereocenters. The minimum absolute atomic E-state index is 0. The van der Waals surface area contributed by atoms with E-state index < -0.39 is 23.3 Å². The number of nitrogens with one attached hydrogen (secondary N) is 2. The normalized spacial score (nSPS) is 19.4. The minimum Gasteiger partial charge on any atom is -0.277 e. The molecule has 0 aromatic heterocycles. The van der Waals surface area contributed by atoms with Crippen molar-refractivity contribution in [2.24, 2.45) is 11.3 Å². The van der Waals surface area contributed by atoms with Gasteiger partial charge in [0.1, 0.15) is 5.41 Å². The molecule has 7 heteroatoms. The van der Waals surface area contributed by atoms with Gasteiger partial charge in [0.25, 0.3) is 0 Å². The fourth-order valence-corrected chi connectivity index (χ4v) is 2.44. The first-order valence-electron chi connectivity index (χ1n) is 5.34. The van der Waals surface area contributed by atoms with E-state index in [1.165, 1.54) is 0 Å². The Morgan fingerprint density at radius 1 is 1.33 bits per heavy atom. The molecule has 1 heterocycles. The molecule has 0 radical (unpaired) electrons. The molecule has 18 heavy (non-hydrogen) atoms. The van der Waals surface area contributed by atoms with Crippen LogP contribution in [0.2, 0.25) is 0 Å². The fourth-order valence-electron chi connectivity index (χ4n) is 2.00. The van der Waals surface area contributed by atoms with Gasteiger partial charge >= 0.3 is 35.6 Å². The van der Waals surface area contributed by atoms with Gasteiger partial charge in [0.15, 0.2) is 0 Å². The van der Waals surface area contributed by atoms with Gasteiger partial charge in [-0.2, -0.15) is 0 Å². The molecule has 94 valence electrons. The van der Waals surface area contributed by atoms with Gasteiger partial charge in [-0.1, -0.05) is 42.8 Å². The molecule has 0 saturated carbocycles. The summed E-state index contributed by atoms with van der Waals surface area (Å²) < 4.78 is 0.553. The van der Waals surface area contributed by atoms with Crippen LogP contribution in [0.5, 0.6) is 0 Å². The van der Waals surface area contributed by atoms with Crippen LogP contribution >= 0.6 is 15.9 Å². The Morgan fingerprint density at radius 2 is 1.78 bits per heavy atom. The van der Waals surface area contributed by atoms with Crippen molar-refractivity contribution >= 4 is 33.8 Å². The van der Waals surface area contributed by atoms with Gasteiger partial charge in [-0.15, -0.1) is 0 Å². The summed E-state index contributed by atoms with van der Waals surface area (Å²) in [6, 6.07) is -0.765. The van der Waals surface area contributed by atoms with Gasteiger partial charge < -0.3 is 0 Å². The number of imide groups is 2. The molecule has 0 aromatic rings. The first-order chi connectivity index (χ1) is 7.84. The number of barbiturate groups is 1. The van der Waals surface area contributed by atoms with Gasteiger partial charge in [-0.05, 0) is 10.4 Å². The van der Waals surface area contributed by atoms with Gasteiger partial charge in [0.05, 0.1) is 0 Å². The van der Waals surface area contributed by atoms with Crippen molar-refractivity contribution in [3.05, 3.63) is 11.1 Å². The Balaban J connectivity index is 0.00000289. The summed E-state index contributed by atoms with van der Waals surface area (Å²) in [6.45, 7) is 7.37. The molecule has 0 aromatic carbocycles. The second kappa shape index (κ2) is 6.84. The zero-order valence-corrected chi connectivity index (χ0v) is 14.4. The summed E-state index contributed by atoms with van der Waals surface area (Å²) in [4.78, 5) is 35.1. The predicted octanol–water partition coefficient (Wildman–Crippen LogP) is -1.31. The summed E-state index contributed by atoms with van der Waals surface area (Å²) in [6.07, 6.45) is 0.822. The average Bonchev–Trinajstić information content (AvgIpc) is 2.22. The number of halogens is 1. The Bertz CT molecular complexity index is 378. The maximum Gasteiger partial charge on any atom is 1.00 e. The van der Waals surface area contributed by atoms with E-state index in [0.29, 0.717) is 10.9 Å². The number of carbonyl (C=O) groups excluding carboxylic acids is 3. The van der Waals surface area contributed by atoms with Crippen molar-refractivity contribution in [3.8, 4) is 0 Å². The van der Waals surface area contributed by atoms with Crippen molar-refractivity contribution in [3.63, 3.8) is 0 Å². The standard InChI is InChI=1S/C11H15BrN2O3.Na/c1-4-6(2)11(5-7(3)12)8(15)13-10(17)14-9(11)16;/h6H,3-5H2,1-2H3,(H2,13,14,15,16,17);/q;+1. The third-order valence-corrected chi connectivity index (χ3v) is 3.47. The number of rotatable bonds is 4. The van der Waals surface area contributed by atoms with E-state index in [1.807, 2.05) is 13.8 Å². The summed E-state index contributed by atoms with van der Waals surface area (Å²) in [5.41, 5.74) is -1.26. The van der Waals surface area contributed by atoms with Gasteiger partial charge in [-0.3, -0.25) is 20.2 Å². The van der Waals surface area contributed by atoms with E-state index in [1.54, 1.807) is 0 Å². The van der Waals surface area contributed by atoms with Crippen molar-refractivity contribution in [1.29, 1.82) is 0 Å². The van der Waals surface area contributed by atoms with Crippen LogP contribution < -0.4 is 40.2 Å². The molecule has 2 N–H and O–H groups in total. The third kappa shape index (κ3) is 3.23. The van der Waals surface area contributed by atoms with Crippen LogP contribution in [0.15, 0.2) is 11.1 Å². The first-order valence-corrected chi connectivity index (χ1v) is 6.14. The van der Waals surface area contributed by atoms with Crippen LogP contribution in [-0.2, 0) is 9.59 Å². The Morgan fingerprint density at radius 3 is 2.11 bits per heavy atom. The zero-order chi connectivity index (χ0) is 13.2. The van der Waals surface area contributed by atoms with Crippen molar-refractivity contribution in [1.82, 2.24) is 10.6 Å². The number of hydrogen-bond acceptors (Lipinski definition) is 3. The molecule has 1 saturated heterocycles. The zero-order valence-electron chi connectivity index (χ0n) is 10.8. The summed E-state index contributed by atoms with van der Waals surface area (Å²) >= 11 is 3.17. The van der Waals surface area contributed by atoms with E-state index in [0.717, 1.165) is 0 Å². The molecular formula is C11H15BrN2NaO3+. The number of hydrogen-bond donors (Lipinski definition) is 2. The van der Waals surface area contributed by atoms with Crippen molar-refractivity contribution in [2.45, 2.75) is 26.7 Å². The Kier molecular flexibility index (Phi) is 6.78. The van der Waals surface area contributed by atoms with E-state index in [4.69, 9.17) is 0 Å². The Hall–Kier alpha value is -0.170. The van der Waals surface area contributed by atoms with Crippen LogP contribution in [0.4, 0.5) is 4.79 Å². The van der Waals surface area contributed by atoms with Crippen molar-refractivity contribution < 1.29 is 43.9 Å². The van der Waals surface area contributed by atoms with Crippen LogP contribution in [-0.4, -0.2) is 17.8 Å². The van der Waals surface area contributed by atoms with Gasteiger partial charge in [-0.25, -0.2) is 4.79 Å². The topological polar surface area (TPSA) is 75.3 Å². The second-order valence-corrected chi connectivity index (χ2v) is 5.33. The van der Waals surface area contributed by atoms with Gasteiger partial charge in [0, 0.05) is 6.42 Å².